The molecule has 2 amide bonds. The Labute approximate surface area is 148 Å². The number of aliphatic hydroxyl groups excluding tert-OH is 1. The molecular formula is C19H27N3O3. The third-order valence-electron chi connectivity index (χ3n) is 5.33. The van der Waals surface area contributed by atoms with Crippen molar-refractivity contribution < 1.29 is 14.7 Å². The van der Waals surface area contributed by atoms with Crippen LogP contribution >= 0.6 is 0 Å². The van der Waals surface area contributed by atoms with E-state index in [1.165, 1.54) is 10.5 Å². The first kappa shape index (κ1) is 17.9. The van der Waals surface area contributed by atoms with Crippen LogP contribution in [0.4, 0.5) is 0 Å². The summed E-state index contributed by atoms with van der Waals surface area (Å²) in [5.41, 5.74) is 2.25. The molecule has 2 saturated heterocycles. The van der Waals surface area contributed by atoms with Gasteiger partial charge in [0.15, 0.2) is 0 Å². The van der Waals surface area contributed by atoms with E-state index in [0.29, 0.717) is 32.0 Å². The summed E-state index contributed by atoms with van der Waals surface area (Å²) >= 11 is 0. The summed E-state index contributed by atoms with van der Waals surface area (Å²) in [5.74, 6) is 0.133. The van der Waals surface area contributed by atoms with E-state index in [-0.39, 0.29) is 18.4 Å². The molecule has 1 N–H and O–H groups in total. The molecule has 1 aromatic heterocycles. The molecule has 1 atom stereocenters. The number of hydrogen-bond acceptors (Lipinski definition) is 4. The predicted octanol–water partition coefficient (Wildman–Crippen LogP) is 1.47. The van der Waals surface area contributed by atoms with Gasteiger partial charge in [-0.25, -0.2) is 0 Å². The van der Waals surface area contributed by atoms with E-state index in [2.05, 4.69) is 11.1 Å². The molecule has 0 aliphatic carbocycles. The highest BCUT2D eigenvalue weighted by molar-refractivity contribution is 5.87. The second-order valence-electron chi connectivity index (χ2n) is 7.16. The summed E-state index contributed by atoms with van der Waals surface area (Å²) < 4.78 is 0. The van der Waals surface area contributed by atoms with Crippen molar-refractivity contribution in [3.63, 3.8) is 0 Å². The molecule has 2 aliphatic rings. The van der Waals surface area contributed by atoms with Gasteiger partial charge in [0.1, 0.15) is 6.10 Å². The highest BCUT2D eigenvalue weighted by atomic mass is 16.3. The van der Waals surface area contributed by atoms with Crippen LogP contribution in [0.25, 0.3) is 0 Å². The van der Waals surface area contributed by atoms with E-state index in [9.17, 15) is 14.7 Å². The number of nitrogens with zero attached hydrogens (tertiary/aromatic N) is 3. The lowest BCUT2D eigenvalue weighted by Gasteiger charge is -2.33. The van der Waals surface area contributed by atoms with Crippen LogP contribution < -0.4 is 0 Å². The van der Waals surface area contributed by atoms with Crippen molar-refractivity contribution in [3.05, 3.63) is 29.6 Å². The Morgan fingerprint density at radius 2 is 1.96 bits per heavy atom. The number of aryl methyl sites for hydroxylation is 1. The van der Waals surface area contributed by atoms with Crippen molar-refractivity contribution in [2.75, 3.05) is 26.2 Å². The number of aliphatic hydroxyl groups is 1. The standard InChI is InChI=1S/C19H27N3O3/c1-14-5-6-16(12-20-14)15-7-10-21(11-8-15)18(24)13-22-9-3-2-4-17(23)19(22)25/h5-6,12,15,17,23H,2-4,7-11,13H2,1H3. The largest absolute Gasteiger partial charge is 0.383 e. The maximum absolute atomic E-state index is 12.6. The third kappa shape index (κ3) is 4.37. The van der Waals surface area contributed by atoms with Crippen molar-refractivity contribution in [3.8, 4) is 0 Å². The zero-order valence-corrected chi connectivity index (χ0v) is 14.9. The lowest BCUT2D eigenvalue weighted by molar-refractivity contribution is -0.145. The van der Waals surface area contributed by atoms with Crippen molar-refractivity contribution >= 4 is 11.8 Å². The fraction of sp³-hybridized carbons (Fsp3) is 0.632. The summed E-state index contributed by atoms with van der Waals surface area (Å²) in [6.07, 6.45) is 5.01. The molecule has 1 unspecified atom stereocenters. The smallest absolute Gasteiger partial charge is 0.251 e. The van der Waals surface area contributed by atoms with E-state index in [0.717, 1.165) is 31.4 Å². The second-order valence-corrected chi connectivity index (χ2v) is 7.16. The summed E-state index contributed by atoms with van der Waals surface area (Å²) in [6.45, 7) is 4.05. The van der Waals surface area contributed by atoms with Gasteiger partial charge in [0, 0.05) is 31.5 Å². The molecule has 25 heavy (non-hydrogen) atoms. The number of carbonyl (C=O) groups is 2. The minimum absolute atomic E-state index is 0.0112. The minimum atomic E-state index is -0.949. The highest BCUT2D eigenvalue weighted by Crippen LogP contribution is 2.27. The van der Waals surface area contributed by atoms with Crippen molar-refractivity contribution in [1.29, 1.82) is 0 Å². The fourth-order valence-corrected chi connectivity index (χ4v) is 3.69. The SMILES string of the molecule is Cc1ccc(C2CCN(C(=O)CN3CCCCC(O)C3=O)CC2)cn1. The Morgan fingerprint density at radius 3 is 2.64 bits per heavy atom. The van der Waals surface area contributed by atoms with E-state index < -0.39 is 6.10 Å². The quantitative estimate of drug-likeness (QED) is 0.900. The maximum Gasteiger partial charge on any atom is 0.251 e. The summed E-state index contributed by atoms with van der Waals surface area (Å²) in [5, 5.41) is 9.81. The molecule has 0 bridgehead atoms. The molecule has 0 spiro atoms. The average molecular weight is 345 g/mol. The van der Waals surface area contributed by atoms with Crippen LogP contribution in [0, 0.1) is 6.92 Å². The van der Waals surface area contributed by atoms with Gasteiger partial charge in [0.25, 0.3) is 5.91 Å². The lowest BCUT2D eigenvalue weighted by Crippen LogP contribution is -2.47. The van der Waals surface area contributed by atoms with Crippen molar-refractivity contribution in [2.24, 2.45) is 0 Å². The Kier molecular flexibility index (Phi) is 5.68. The van der Waals surface area contributed by atoms with Crippen LogP contribution in [-0.2, 0) is 9.59 Å². The molecule has 6 nitrogen and oxygen atoms in total. The van der Waals surface area contributed by atoms with Gasteiger partial charge in [0.05, 0.1) is 6.54 Å². The molecule has 0 radical (unpaired) electrons. The highest BCUT2D eigenvalue weighted by Gasteiger charge is 2.29. The Hall–Kier alpha value is -1.95. The lowest BCUT2D eigenvalue weighted by atomic mass is 9.90. The van der Waals surface area contributed by atoms with Gasteiger partial charge in [-0.05, 0) is 56.6 Å². The summed E-state index contributed by atoms with van der Waals surface area (Å²) in [7, 11) is 0. The van der Waals surface area contributed by atoms with Gasteiger partial charge in [0.2, 0.25) is 5.91 Å². The molecule has 2 fully saturated rings. The zero-order chi connectivity index (χ0) is 17.8. The van der Waals surface area contributed by atoms with Crippen LogP contribution in [0.2, 0.25) is 0 Å². The van der Waals surface area contributed by atoms with Crippen LogP contribution in [0.1, 0.15) is 49.3 Å². The summed E-state index contributed by atoms with van der Waals surface area (Å²) in [6, 6.07) is 4.16. The first-order valence-electron chi connectivity index (χ1n) is 9.22. The molecule has 136 valence electrons. The molecule has 1 aromatic rings. The predicted molar refractivity (Wildman–Crippen MR) is 94.0 cm³/mol. The number of aromatic nitrogens is 1. The van der Waals surface area contributed by atoms with Crippen molar-refractivity contribution in [1.82, 2.24) is 14.8 Å². The normalized spacial score (nSPS) is 22.8. The van der Waals surface area contributed by atoms with E-state index >= 15 is 0 Å². The van der Waals surface area contributed by atoms with Gasteiger partial charge in [-0.3, -0.25) is 14.6 Å². The third-order valence-corrected chi connectivity index (χ3v) is 5.33. The van der Waals surface area contributed by atoms with Crippen LogP contribution in [-0.4, -0.2) is 64.0 Å². The molecule has 3 heterocycles. The van der Waals surface area contributed by atoms with Crippen LogP contribution in [0.5, 0.6) is 0 Å². The van der Waals surface area contributed by atoms with Crippen LogP contribution in [0.3, 0.4) is 0 Å². The number of piperidine rings is 1. The monoisotopic (exact) mass is 345 g/mol. The van der Waals surface area contributed by atoms with Gasteiger partial charge < -0.3 is 14.9 Å². The average Bonchev–Trinajstić information content (AvgIpc) is 2.78. The number of rotatable bonds is 3. The maximum atomic E-state index is 12.6. The molecule has 2 aliphatic heterocycles. The Balaban J connectivity index is 1.52. The fourth-order valence-electron chi connectivity index (χ4n) is 3.69. The van der Waals surface area contributed by atoms with E-state index in [1.807, 2.05) is 24.1 Å². The van der Waals surface area contributed by atoms with Crippen LogP contribution in [0.15, 0.2) is 18.3 Å². The van der Waals surface area contributed by atoms with E-state index in [1.54, 1.807) is 0 Å². The molecular weight excluding hydrogens is 318 g/mol. The second kappa shape index (κ2) is 7.95. The number of carbonyl (C=O) groups excluding carboxylic acids is 2. The van der Waals surface area contributed by atoms with E-state index in [4.69, 9.17) is 0 Å². The number of hydrogen-bond donors (Lipinski definition) is 1. The molecule has 6 heteroatoms. The van der Waals surface area contributed by atoms with Gasteiger partial charge in [-0.15, -0.1) is 0 Å². The number of pyridine rings is 1. The molecule has 0 saturated carbocycles. The summed E-state index contributed by atoms with van der Waals surface area (Å²) in [4.78, 5) is 32.4. The topological polar surface area (TPSA) is 73.7 Å². The number of amides is 2. The molecule has 3 rings (SSSR count). The van der Waals surface area contributed by atoms with Gasteiger partial charge in [-0.1, -0.05) is 6.07 Å². The molecule has 0 aromatic carbocycles. The first-order chi connectivity index (χ1) is 12.0. The van der Waals surface area contributed by atoms with Crippen molar-refractivity contribution in [2.45, 2.75) is 51.0 Å². The first-order valence-corrected chi connectivity index (χ1v) is 9.22. The Bertz CT molecular complexity index is 609. The zero-order valence-electron chi connectivity index (χ0n) is 14.9. The Morgan fingerprint density at radius 1 is 1.20 bits per heavy atom. The number of likely N-dealkylation sites (tertiary alicyclic amines) is 2. The van der Waals surface area contributed by atoms with Gasteiger partial charge in [-0.2, -0.15) is 0 Å². The van der Waals surface area contributed by atoms with Gasteiger partial charge >= 0.3 is 0 Å². The minimum Gasteiger partial charge on any atom is -0.383 e.